The van der Waals surface area contributed by atoms with Gasteiger partial charge in [0.05, 0.1) is 17.1 Å². The molecule has 0 atom stereocenters. The van der Waals surface area contributed by atoms with E-state index in [1.165, 1.54) is 19.4 Å². The first-order chi connectivity index (χ1) is 6.15. The first kappa shape index (κ1) is 9.94. The number of nitrogens with one attached hydrogen (secondary N) is 2. The Morgan fingerprint density at radius 2 is 2.38 bits per heavy atom. The Labute approximate surface area is 82.2 Å². The number of H-pyrrole nitrogens is 1. The molecule has 1 aromatic heterocycles. The molecule has 1 heterocycles. The normalized spacial score (nSPS) is 9.69. The minimum absolute atomic E-state index is 0.283. The van der Waals surface area contributed by atoms with E-state index in [4.69, 9.17) is 0 Å². The molecule has 2 N–H and O–H groups in total. The number of halogens is 1. The minimum Gasteiger partial charge on any atom is -0.327 e. The second kappa shape index (κ2) is 4.20. The van der Waals surface area contributed by atoms with Crippen LogP contribution in [0, 0.1) is 0 Å². The molecule has 0 aliphatic rings. The standard InChI is InChI=1S/C7H7BrN2O3/c1-13-10-6(11)4-2-5(8)7(12)9-3-4/h2-3H,1H3,(H,9,12)(H,10,11). The number of hydrogen-bond acceptors (Lipinski definition) is 3. The summed E-state index contributed by atoms with van der Waals surface area (Å²) >= 11 is 3.00. The topological polar surface area (TPSA) is 71.2 Å². The Kier molecular flexibility index (Phi) is 3.21. The van der Waals surface area contributed by atoms with E-state index < -0.39 is 5.91 Å². The third-order valence-electron chi connectivity index (χ3n) is 1.31. The van der Waals surface area contributed by atoms with E-state index in [1.54, 1.807) is 0 Å². The summed E-state index contributed by atoms with van der Waals surface area (Å²) in [7, 11) is 1.33. The molecule has 6 heteroatoms. The maximum absolute atomic E-state index is 11.1. The van der Waals surface area contributed by atoms with Crippen molar-refractivity contribution in [3.63, 3.8) is 0 Å². The van der Waals surface area contributed by atoms with Crippen molar-refractivity contribution in [3.05, 3.63) is 32.7 Å². The molecule has 1 rings (SSSR count). The fourth-order valence-electron chi connectivity index (χ4n) is 0.739. The van der Waals surface area contributed by atoms with Crippen molar-refractivity contribution in [2.45, 2.75) is 0 Å². The molecular weight excluding hydrogens is 240 g/mol. The molecule has 0 unspecified atom stereocenters. The van der Waals surface area contributed by atoms with Crippen LogP contribution in [0.3, 0.4) is 0 Å². The lowest BCUT2D eigenvalue weighted by Crippen LogP contribution is -2.23. The lowest BCUT2D eigenvalue weighted by Gasteiger charge is -2.00. The molecule has 0 saturated heterocycles. The van der Waals surface area contributed by atoms with Gasteiger partial charge in [-0.3, -0.25) is 14.4 Å². The number of hydrogen-bond donors (Lipinski definition) is 2. The van der Waals surface area contributed by atoms with Gasteiger partial charge in [-0.1, -0.05) is 0 Å². The van der Waals surface area contributed by atoms with Gasteiger partial charge >= 0.3 is 0 Å². The smallest absolute Gasteiger partial charge is 0.276 e. The van der Waals surface area contributed by atoms with Crippen molar-refractivity contribution in [2.24, 2.45) is 0 Å². The molecule has 1 aromatic rings. The number of hydroxylamine groups is 1. The van der Waals surface area contributed by atoms with Crippen LogP contribution in [-0.2, 0) is 4.84 Å². The lowest BCUT2D eigenvalue weighted by atomic mass is 10.3. The van der Waals surface area contributed by atoms with E-state index in [0.29, 0.717) is 10.0 Å². The highest BCUT2D eigenvalue weighted by molar-refractivity contribution is 9.10. The van der Waals surface area contributed by atoms with Gasteiger partial charge in [0.15, 0.2) is 0 Å². The zero-order valence-corrected chi connectivity index (χ0v) is 8.34. The highest BCUT2D eigenvalue weighted by Crippen LogP contribution is 2.04. The Hall–Kier alpha value is -1.14. The van der Waals surface area contributed by atoms with Crippen LogP contribution in [0.5, 0.6) is 0 Å². The summed E-state index contributed by atoms with van der Waals surface area (Å²) in [6, 6.07) is 1.41. The summed E-state index contributed by atoms with van der Waals surface area (Å²) in [4.78, 5) is 28.8. The molecule has 70 valence electrons. The molecule has 0 bridgehead atoms. The third kappa shape index (κ3) is 2.40. The fraction of sp³-hybridized carbons (Fsp3) is 0.143. The van der Waals surface area contributed by atoms with Crippen molar-refractivity contribution in [3.8, 4) is 0 Å². The molecule has 13 heavy (non-hydrogen) atoms. The van der Waals surface area contributed by atoms with Crippen LogP contribution in [0.1, 0.15) is 10.4 Å². The van der Waals surface area contributed by atoms with Gasteiger partial charge in [0.1, 0.15) is 0 Å². The van der Waals surface area contributed by atoms with Crippen LogP contribution in [0.2, 0.25) is 0 Å². The number of pyridine rings is 1. The summed E-state index contributed by atoms with van der Waals surface area (Å²) in [5.41, 5.74) is 2.16. The van der Waals surface area contributed by atoms with E-state index in [-0.39, 0.29) is 5.56 Å². The van der Waals surface area contributed by atoms with Crippen LogP contribution >= 0.6 is 15.9 Å². The van der Waals surface area contributed by atoms with Crippen LogP contribution in [0.15, 0.2) is 21.5 Å². The summed E-state index contributed by atoms with van der Waals surface area (Å²) in [6.07, 6.45) is 1.31. The largest absolute Gasteiger partial charge is 0.327 e. The zero-order chi connectivity index (χ0) is 9.84. The van der Waals surface area contributed by atoms with Gasteiger partial charge in [0.2, 0.25) is 0 Å². The number of carbonyl (C=O) groups excluding carboxylic acids is 1. The molecular formula is C7H7BrN2O3. The summed E-state index contributed by atoms with van der Waals surface area (Å²) in [6.45, 7) is 0. The zero-order valence-electron chi connectivity index (χ0n) is 6.76. The molecule has 0 aliphatic carbocycles. The maximum atomic E-state index is 11.1. The van der Waals surface area contributed by atoms with Crippen molar-refractivity contribution in [1.82, 2.24) is 10.5 Å². The van der Waals surface area contributed by atoms with Gasteiger partial charge in [-0.2, -0.15) is 0 Å². The van der Waals surface area contributed by atoms with Gasteiger partial charge in [-0.15, -0.1) is 0 Å². The Balaban J connectivity index is 2.97. The van der Waals surface area contributed by atoms with Crippen molar-refractivity contribution >= 4 is 21.8 Å². The second-order valence-corrected chi connectivity index (χ2v) is 3.06. The summed E-state index contributed by atoms with van der Waals surface area (Å²) in [5.74, 6) is -0.417. The number of aromatic nitrogens is 1. The van der Waals surface area contributed by atoms with E-state index in [1.807, 2.05) is 0 Å². The van der Waals surface area contributed by atoms with Crippen molar-refractivity contribution in [1.29, 1.82) is 0 Å². The molecule has 0 saturated carbocycles. The fourth-order valence-corrected chi connectivity index (χ4v) is 1.10. The third-order valence-corrected chi connectivity index (χ3v) is 1.90. The quantitative estimate of drug-likeness (QED) is 0.744. The second-order valence-electron chi connectivity index (χ2n) is 2.20. The summed E-state index contributed by atoms with van der Waals surface area (Å²) < 4.78 is 0.302. The Morgan fingerprint density at radius 1 is 1.69 bits per heavy atom. The summed E-state index contributed by atoms with van der Waals surface area (Å²) in [5, 5.41) is 0. The van der Waals surface area contributed by atoms with Gasteiger partial charge in [0, 0.05) is 6.20 Å². The van der Waals surface area contributed by atoms with Crippen LogP contribution in [0.25, 0.3) is 0 Å². The first-order valence-corrected chi connectivity index (χ1v) is 4.16. The van der Waals surface area contributed by atoms with Crippen molar-refractivity contribution in [2.75, 3.05) is 7.11 Å². The molecule has 0 fully saturated rings. The minimum atomic E-state index is -0.417. The maximum Gasteiger partial charge on any atom is 0.276 e. The van der Waals surface area contributed by atoms with E-state index in [2.05, 4.69) is 31.2 Å². The van der Waals surface area contributed by atoms with Crippen LogP contribution < -0.4 is 11.0 Å². The number of carbonyl (C=O) groups is 1. The Bertz CT molecular complexity index is 374. The molecule has 0 aromatic carbocycles. The lowest BCUT2D eigenvalue weighted by molar-refractivity contribution is 0.0537. The average Bonchev–Trinajstić information content (AvgIpc) is 2.10. The number of rotatable bonds is 2. The monoisotopic (exact) mass is 246 g/mol. The van der Waals surface area contributed by atoms with E-state index in [0.717, 1.165) is 0 Å². The first-order valence-electron chi connectivity index (χ1n) is 3.36. The van der Waals surface area contributed by atoms with Gasteiger partial charge in [-0.05, 0) is 22.0 Å². The van der Waals surface area contributed by atoms with Gasteiger partial charge < -0.3 is 4.98 Å². The average molecular weight is 247 g/mol. The Morgan fingerprint density at radius 3 is 2.92 bits per heavy atom. The molecule has 0 radical (unpaired) electrons. The van der Waals surface area contributed by atoms with Crippen molar-refractivity contribution < 1.29 is 9.63 Å². The number of amides is 1. The van der Waals surface area contributed by atoms with E-state index in [9.17, 15) is 9.59 Å². The van der Waals surface area contributed by atoms with Crippen LogP contribution in [0.4, 0.5) is 0 Å². The molecule has 0 spiro atoms. The molecule has 0 aliphatic heterocycles. The molecule has 5 nitrogen and oxygen atoms in total. The van der Waals surface area contributed by atoms with Gasteiger partial charge in [0.25, 0.3) is 11.5 Å². The predicted molar refractivity (Wildman–Crippen MR) is 49.2 cm³/mol. The highest BCUT2D eigenvalue weighted by atomic mass is 79.9. The predicted octanol–water partition coefficient (Wildman–Crippen LogP) is 0.429. The molecule has 1 amide bonds. The highest BCUT2D eigenvalue weighted by Gasteiger charge is 2.06. The van der Waals surface area contributed by atoms with E-state index >= 15 is 0 Å². The van der Waals surface area contributed by atoms with Gasteiger partial charge in [-0.25, -0.2) is 5.48 Å². The van der Waals surface area contributed by atoms with Crippen LogP contribution in [-0.4, -0.2) is 18.0 Å². The SMILES string of the molecule is CONC(=O)c1c[nH]c(=O)c(Br)c1. The number of aromatic amines is 1.